The van der Waals surface area contributed by atoms with Crippen LogP contribution in [0.15, 0.2) is 72.8 Å². The minimum absolute atomic E-state index is 0.0377. The molecular formula is C28H31ClN2O. The second kappa shape index (κ2) is 10.8. The average Bonchev–Trinajstić information content (AvgIpc) is 2.81. The van der Waals surface area contributed by atoms with Crippen molar-refractivity contribution in [3.05, 3.63) is 88.9 Å². The van der Waals surface area contributed by atoms with Crippen molar-refractivity contribution in [3.8, 4) is 11.1 Å². The number of rotatable bonds is 7. The Balaban J connectivity index is 1.23. The van der Waals surface area contributed by atoms with Gasteiger partial charge in [0.1, 0.15) is 0 Å². The first kappa shape index (κ1) is 22.6. The molecule has 1 fully saturated rings. The van der Waals surface area contributed by atoms with E-state index < -0.39 is 0 Å². The molecule has 1 aliphatic rings. The third-order valence-electron chi connectivity index (χ3n) is 6.29. The van der Waals surface area contributed by atoms with Crippen LogP contribution in [0.1, 0.15) is 37.3 Å². The van der Waals surface area contributed by atoms with E-state index in [0.717, 1.165) is 40.7 Å². The molecule has 32 heavy (non-hydrogen) atoms. The maximum Gasteiger partial charge on any atom is 0.224 e. The van der Waals surface area contributed by atoms with Crippen LogP contribution in [0.3, 0.4) is 0 Å². The van der Waals surface area contributed by atoms with E-state index in [0.29, 0.717) is 6.42 Å². The van der Waals surface area contributed by atoms with E-state index in [1.165, 1.54) is 37.1 Å². The summed E-state index contributed by atoms with van der Waals surface area (Å²) in [5.41, 5.74) is 5.58. The fraction of sp³-hybridized carbons (Fsp3) is 0.321. The number of piperidine rings is 1. The highest BCUT2D eigenvalue weighted by atomic mass is 35.5. The molecule has 0 atom stereocenters. The predicted molar refractivity (Wildman–Crippen MR) is 134 cm³/mol. The number of carbonyl (C=O) groups is 1. The monoisotopic (exact) mass is 446 g/mol. The van der Waals surface area contributed by atoms with Crippen molar-refractivity contribution in [1.82, 2.24) is 4.90 Å². The third-order valence-corrected chi connectivity index (χ3v) is 6.54. The van der Waals surface area contributed by atoms with Gasteiger partial charge in [-0.25, -0.2) is 0 Å². The lowest BCUT2D eigenvalue weighted by Crippen LogP contribution is -2.32. The number of nitrogens with one attached hydrogen (secondary N) is 1. The number of anilines is 1. The van der Waals surface area contributed by atoms with Gasteiger partial charge in [-0.15, -0.1) is 0 Å². The molecule has 1 heterocycles. The first-order chi connectivity index (χ1) is 15.5. The molecule has 0 radical (unpaired) electrons. The van der Waals surface area contributed by atoms with Gasteiger partial charge in [0.25, 0.3) is 0 Å². The number of nitrogens with zero attached hydrogens (tertiary/aromatic N) is 1. The fourth-order valence-electron chi connectivity index (χ4n) is 4.16. The smallest absolute Gasteiger partial charge is 0.224 e. The maximum atomic E-state index is 12.4. The highest BCUT2D eigenvalue weighted by Gasteiger charge is 2.15. The Morgan fingerprint density at radius 1 is 0.875 bits per heavy atom. The normalized spacial score (nSPS) is 14.9. The molecule has 166 valence electrons. The van der Waals surface area contributed by atoms with Crippen LogP contribution in [0.2, 0.25) is 5.02 Å². The van der Waals surface area contributed by atoms with E-state index >= 15 is 0 Å². The number of benzene rings is 3. The van der Waals surface area contributed by atoms with E-state index in [1.54, 1.807) is 0 Å². The Bertz CT molecular complexity index is 1000. The van der Waals surface area contributed by atoms with E-state index in [4.69, 9.17) is 11.6 Å². The van der Waals surface area contributed by atoms with Crippen molar-refractivity contribution in [3.63, 3.8) is 0 Å². The SMILES string of the molecule is CC1CCN(Cc2ccc(CCC(=O)Nc3ccc(-c4ccc(Cl)cc4)cc3)cc2)CC1. The summed E-state index contributed by atoms with van der Waals surface area (Å²) in [6, 6.07) is 24.4. The van der Waals surface area contributed by atoms with Gasteiger partial charge in [0, 0.05) is 23.7 Å². The molecule has 0 aromatic heterocycles. The molecule has 0 spiro atoms. The summed E-state index contributed by atoms with van der Waals surface area (Å²) < 4.78 is 0. The van der Waals surface area contributed by atoms with Gasteiger partial charge in [-0.3, -0.25) is 9.69 Å². The fourth-order valence-corrected chi connectivity index (χ4v) is 4.29. The van der Waals surface area contributed by atoms with Crippen LogP contribution in [0, 0.1) is 5.92 Å². The molecule has 4 heteroatoms. The molecule has 1 aliphatic heterocycles. The van der Waals surface area contributed by atoms with Gasteiger partial charge in [0.05, 0.1) is 0 Å². The van der Waals surface area contributed by atoms with Crippen LogP contribution < -0.4 is 5.32 Å². The predicted octanol–water partition coefficient (Wildman–Crippen LogP) is 6.81. The Hall–Kier alpha value is -2.62. The van der Waals surface area contributed by atoms with Crippen molar-refractivity contribution in [2.75, 3.05) is 18.4 Å². The lowest BCUT2D eigenvalue weighted by atomic mass is 9.98. The van der Waals surface area contributed by atoms with Crippen LogP contribution in [0.5, 0.6) is 0 Å². The van der Waals surface area contributed by atoms with Gasteiger partial charge >= 0.3 is 0 Å². The quantitative estimate of drug-likeness (QED) is 0.432. The molecular weight excluding hydrogens is 416 g/mol. The number of hydrogen-bond donors (Lipinski definition) is 1. The summed E-state index contributed by atoms with van der Waals surface area (Å²) in [6.07, 6.45) is 3.83. The molecule has 1 saturated heterocycles. The van der Waals surface area contributed by atoms with Gasteiger partial charge < -0.3 is 5.32 Å². The summed E-state index contributed by atoms with van der Waals surface area (Å²) in [5, 5.41) is 3.73. The van der Waals surface area contributed by atoms with Crippen molar-refractivity contribution >= 4 is 23.2 Å². The summed E-state index contributed by atoms with van der Waals surface area (Å²) in [5.74, 6) is 0.900. The standard InChI is InChI=1S/C28H31ClN2O/c1-21-16-18-31(19-17-21)20-23-4-2-22(3-5-23)6-15-28(32)30-27-13-9-25(10-14-27)24-7-11-26(29)12-8-24/h2-5,7-14,21H,6,15-20H2,1H3,(H,30,32). The molecule has 1 N–H and O–H groups in total. The molecule has 3 aromatic rings. The molecule has 0 aliphatic carbocycles. The van der Waals surface area contributed by atoms with Crippen LogP contribution >= 0.6 is 11.6 Å². The molecule has 0 unspecified atom stereocenters. The number of hydrogen-bond acceptors (Lipinski definition) is 2. The molecule has 0 saturated carbocycles. The Labute approximate surface area is 196 Å². The zero-order valence-electron chi connectivity index (χ0n) is 18.7. The lowest BCUT2D eigenvalue weighted by molar-refractivity contribution is -0.116. The van der Waals surface area contributed by atoms with Crippen molar-refractivity contribution in [1.29, 1.82) is 0 Å². The summed E-state index contributed by atoms with van der Waals surface area (Å²) in [4.78, 5) is 14.9. The summed E-state index contributed by atoms with van der Waals surface area (Å²) >= 11 is 5.96. The van der Waals surface area contributed by atoms with Gasteiger partial charge in [-0.05, 0) is 84.8 Å². The number of aryl methyl sites for hydroxylation is 1. The first-order valence-corrected chi connectivity index (χ1v) is 11.9. The highest BCUT2D eigenvalue weighted by molar-refractivity contribution is 6.30. The second-order valence-electron chi connectivity index (χ2n) is 8.91. The van der Waals surface area contributed by atoms with Crippen molar-refractivity contribution < 1.29 is 4.79 Å². The van der Waals surface area contributed by atoms with E-state index in [-0.39, 0.29) is 5.91 Å². The molecule has 3 nitrogen and oxygen atoms in total. The maximum absolute atomic E-state index is 12.4. The zero-order chi connectivity index (χ0) is 22.3. The average molecular weight is 447 g/mol. The largest absolute Gasteiger partial charge is 0.326 e. The van der Waals surface area contributed by atoms with Crippen molar-refractivity contribution in [2.24, 2.45) is 5.92 Å². The topological polar surface area (TPSA) is 32.3 Å². The van der Waals surface area contributed by atoms with Gasteiger partial charge in [-0.2, -0.15) is 0 Å². The van der Waals surface area contributed by atoms with Crippen LogP contribution in [0.4, 0.5) is 5.69 Å². The van der Waals surface area contributed by atoms with Gasteiger partial charge in [0.15, 0.2) is 0 Å². The summed E-state index contributed by atoms with van der Waals surface area (Å²) in [6.45, 7) is 5.77. The molecule has 3 aromatic carbocycles. The van der Waals surface area contributed by atoms with E-state index in [9.17, 15) is 4.79 Å². The highest BCUT2D eigenvalue weighted by Crippen LogP contribution is 2.23. The number of carbonyl (C=O) groups excluding carboxylic acids is 1. The van der Waals surface area contributed by atoms with Crippen LogP contribution in [0.25, 0.3) is 11.1 Å². The van der Waals surface area contributed by atoms with Gasteiger partial charge in [-0.1, -0.05) is 67.1 Å². The van der Waals surface area contributed by atoms with E-state index in [1.807, 2.05) is 48.5 Å². The zero-order valence-corrected chi connectivity index (χ0v) is 19.4. The summed E-state index contributed by atoms with van der Waals surface area (Å²) in [7, 11) is 0. The molecule has 4 rings (SSSR count). The Morgan fingerprint density at radius 3 is 2.06 bits per heavy atom. The number of halogens is 1. The lowest BCUT2D eigenvalue weighted by Gasteiger charge is -2.30. The Kier molecular flexibility index (Phi) is 7.62. The third kappa shape index (κ3) is 6.44. The minimum Gasteiger partial charge on any atom is -0.326 e. The minimum atomic E-state index is 0.0377. The second-order valence-corrected chi connectivity index (χ2v) is 9.34. The number of likely N-dealkylation sites (tertiary alicyclic amines) is 1. The molecule has 1 amide bonds. The Morgan fingerprint density at radius 2 is 1.44 bits per heavy atom. The van der Waals surface area contributed by atoms with Gasteiger partial charge in [0.2, 0.25) is 5.91 Å². The van der Waals surface area contributed by atoms with E-state index in [2.05, 4.69) is 41.4 Å². The van der Waals surface area contributed by atoms with Crippen molar-refractivity contribution in [2.45, 2.75) is 39.2 Å². The molecule has 0 bridgehead atoms. The van der Waals surface area contributed by atoms with Crippen LogP contribution in [-0.2, 0) is 17.8 Å². The van der Waals surface area contributed by atoms with Crippen LogP contribution in [-0.4, -0.2) is 23.9 Å². The number of amides is 1. The first-order valence-electron chi connectivity index (χ1n) is 11.5.